The molecule has 0 saturated carbocycles. The smallest absolute Gasteiger partial charge is 1.00 e. The zero-order chi connectivity index (χ0) is 7.40. The Balaban J connectivity index is -0.000000333. The second-order valence-corrected chi connectivity index (χ2v) is 2.84. The molecule has 0 aromatic heterocycles. The van der Waals surface area contributed by atoms with Crippen LogP contribution in [0.2, 0.25) is 0 Å². The topological polar surface area (TPSA) is 0 Å². The fraction of sp³-hybridized carbons (Fsp3) is 0.600. The SMILES string of the molecule is CCCCC1=CC[C-]=C1C.[Cl-].[Cl-].[Zr+3]. The quantitative estimate of drug-likeness (QED) is 0.496. The van der Waals surface area contributed by atoms with Crippen molar-refractivity contribution in [2.24, 2.45) is 0 Å². The van der Waals surface area contributed by atoms with E-state index >= 15 is 0 Å². The summed E-state index contributed by atoms with van der Waals surface area (Å²) in [5, 5.41) is 0. The van der Waals surface area contributed by atoms with Gasteiger partial charge < -0.3 is 24.8 Å². The summed E-state index contributed by atoms with van der Waals surface area (Å²) in [5.41, 5.74) is 2.91. The van der Waals surface area contributed by atoms with Crippen LogP contribution in [0, 0.1) is 6.08 Å². The van der Waals surface area contributed by atoms with Crippen molar-refractivity contribution in [3.63, 3.8) is 0 Å². The Hall–Kier alpha value is 0.943. The van der Waals surface area contributed by atoms with Crippen molar-refractivity contribution in [2.75, 3.05) is 0 Å². The molecule has 13 heavy (non-hydrogen) atoms. The summed E-state index contributed by atoms with van der Waals surface area (Å²) in [5.74, 6) is 0. The number of rotatable bonds is 3. The van der Waals surface area contributed by atoms with E-state index in [-0.39, 0.29) is 51.0 Å². The molecule has 0 aromatic rings. The van der Waals surface area contributed by atoms with E-state index in [1.807, 2.05) is 0 Å². The molecule has 3 heteroatoms. The molecule has 73 valence electrons. The molecule has 1 aliphatic rings. The average molecular weight is 297 g/mol. The normalized spacial score (nSPS) is 13.1. The first-order valence-corrected chi connectivity index (χ1v) is 4.11. The van der Waals surface area contributed by atoms with Gasteiger partial charge in [0.25, 0.3) is 0 Å². The standard InChI is InChI=1S/C10H15.2ClH.Zr/c1-3-4-7-10-8-5-6-9(10)2;;;/h8H,3-5,7H2,1-2H3;2*1H;/q-1;;;+3/p-2. The zero-order valence-corrected chi connectivity index (χ0v) is 12.1. The van der Waals surface area contributed by atoms with Crippen molar-refractivity contribution in [3.8, 4) is 0 Å². The maximum Gasteiger partial charge on any atom is 3.00 e. The van der Waals surface area contributed by atoms with Crippen LogP contribution in [0.3, 0.4) is 0 Å². The summed E-state index contributed by atoms with van der Waals surface area (Å²) in [6, 6.07) is 0. The van der Waals surface area contributed by atoms with Crippen LogP contribution in [0.15, 0.2) is 17.2 Å². The van der Waals surface area contributed by atoms with Crippen LogP contribution in [0.25, 0.3) is 0 Å². The van der Waals surface area contributed by atoms with E-state index in [2.05, 4.69) is 26.0 Å². The Labute approximate surface area is 113 Å². The van der Waals surface area contributed by atoms with E-state index in [0.717, 1.165) is 6.42 Å². The van der Waals surface area contributed by atoms with Crippen LogP contribution in [0.4, 0.5) is 0 Å². The molecule has 0 spiro atoms. The van der Waals surface area contributed by atoms with Crippen LogP contribution in [0.1, 0.15) is 39.5 Å². The molecule has 0 amide bonds. The van der Waals surface area contributed by atoms with E-state index in [1.165, 1.54) is 30.4 Å². The molecule has 0 N–H and O–H groups in total. The van der Waals surface area contributed by atoms with Crippen LogP contribution >= 0.6 is 0 Å². The van der Waals surface area contributed by atoms with E-state index in [9.17, 15) is 0 Å². The molecular weight excluding hydrogens is 282 g/mol. The molecule has 0 saturated heterocycles. The van der Waals surface area contributed by atoms with Crippen molar-refractivity contribution in [3.05, 3.63) is 23.3 Å². The van der Waals surface area contributed by atoms with Gasteiger partial charge in [0.1, 0.15) is 0 Å². The third-order valence-electron chi connectivity index (χ3n) is 2.00. The van der Waals surface area contributed by atoms with E-state index < -0.39 is 0 Å². The molecule has 0 bridgehead atoms. The molecule has 0 nitrogen and oxygen atoms in total. The number of unbranched alkanes of at least 4 members (excludes halogenated alkanes) is 1. The number of hydrogen-bond acceptors (Lipinski definition) is 0. The first kappa shape index (κ1) is 19.5. The van der Waals surface area contributed by atoms with Gasteiger partial charge in [-0.2, -0.15) is 11.6 Å². The predicted molar refractivity (Wildman–Crippen MR) is 44.7 cm³/mol. The first-order chi connectivity index (χ1) is 4.84. The van der Waals surface area contributed by atoms with Crippen LogP contribution < -0.4 is 24.8 Å². The Kier molecular flexibility index (Phi) is 16.5. The van der Waals surface area contributed by atoms with Crippen molar-refractivity contribution in [1.82, 2.24) is 0 Å². The Morgan fingerprint density at radius 3 is 2.38 bits per heavy atom. The molecule has 0 fully saturated rings. The average Bonchev–Trinajstić information content (AvgIpc) is 2.31. The monoisotopic (exact) mass is 295 g/mol. The Morgan fingerprint density at radius 2 is 2.00 bits per heavy atom. The summed E-state index contributed by atoms with van der Waals surface area (Å²) in [7, 11) is 0. The van der Waals surface area contributed by atoms with Crippen molar-refractivity contribution < 1.29 is 51.0 Å². The van der Waals surface area contributed by atoms with Crippen LogP contribution in [0.5, 0.6) is 0 Å². The minimum Gasteiger partial charge on any atom is -1.00 e. The summed E-state index contributed by atoms with van der Waals surface area (Å²) in [4.78, 5) is 0. The minimum absolute atomic E-state index is 0. The fourth-order valence-corrected chi connectivity index (χ4v) is 1.25. The first-order valence-electron chi connectivity index (χ1n) is 4.11. The van der Waals surface area contributed by atoms with Gasteiger partial charge in [-0.3, -0.25) is 6.08 Å². The number of halogens is 2. The molecule has 1 rings (SSSR count). The number of hydrogen-bond donors (Lipinski definition) is 0. The summed E-state index contributed by atoms with van der Waals surface area (Å²) < 4.78 is 0. The van der Waals surface area contributed by atoms with Crippen LogP contribution in [-0.4, -0.2) is 0 Å². The van der Waals surface area contributed by atoms with Gasteiger partial charge in [-0.15, -0.1) is 6.42 Å². The molecule has 0 aliphatic heterocycles. The molecule has 0 unspecified atom stereocenters. The van der Waals surface area contributed by atoms with Crippen LogP contribution in [-0.2, 0) is 26.2 Å². The predicted octanol–water partition coefficient (Wildman–Crippen LogP) is -2.74. The summed E-state index contributed by atoms with van der Waals surface area (Å²) in [6.07, 6.45) is 10.5. The molecule has 0 aromatic carbocycles. The number of allylic oxidation sites excluding steroid dienone is 4. The summed E-state index contributed by atoms with van der Waals surface area (Å²) >= 11 is 0. The van der Waals surface area contributed by atoms with Gasteiger partial charge in [-0.25, -0.2) is 5.57 Å². The van der Waals surface area contributed by atoms with Gasteiger partial charge in [0.15, 0.2) is 0 Å². The van der Waals surface area contributed by atoms with Gasteiger partial charge in [0, 0.05) is 0 Å². The Bertz CT molecular complexity index is 174. The molecule has 0 heterocycles. The van der Waals surface area contributed by atoms with Gasteiger partial charge in [-0.1, -0.05) is 33.1 Å². The van der Waals surface area contributed by atoms with E-state index in [0.29, 0.717) is 0 Å². The minimum atomic E-state index is 0. The van der Waals surface area contributed by atoms with Crippen molar-refractivity contribution >= 4 is 0 Å². The second-order valence-electron chi connectivity index (χ2n) is 2.84. The van der Waals surface area contributed by atoms with Gasteiger partial charge in [0.05, 0.1) is 0 Å². The maximum absolute atomic E-state index is 3.30. The van der Waals surface area contributed by atoms with E-state index in [4.69, 9.17) is 0 Å². The molecular formula is C10H15Cl2Zr. The Morgan fingerprint density at radius 1 is 1.38 bits per heavy atom. The van der Waals surface area contributed by atoms with Gasteiger partial charge >= 0.3 is 26.2 Å². The summed E-state index contributed by atoms with van der Waals surface area (Å²) in [6.45, 7) is 4.40. The second kappa shape index (κ2) is 11.0. The maximum atomic E-state index is 3.30. The molecule has 1 radical (unpaired) electrons. The van der Waals surface area contributed by atoms with Gasteiger partial charge in [-0.05, 0) is 0 Å². The van der Waals surface area contributed by atoms with Crippen molar-refractivity contribution in [2.45, 2.75) is 39.5 Å². The zero-order valence-electron chi connectivity index (χ0n) is 8.16. The molecule has 1 aliphatic carbocycles. The third kappa shape index (κ3) is 6.94. The van der Waals surface area contributed by atoms with Crippen molar-refractivity contribution in [1.29, 1.82) is 0 Å². The molecule has 0 atom stereocenters. The largest absolute Gasteiger partial charge is 3.00 e. The van der Waals surface area contributed by atoms with Gasteiger partial charge in [0.2, 0.25) is 0 Å². The fourth-order valence-electron chi connectivity index (χ4n) is 1.25. The third-order valence-corrected chi connectivity index (χ3v) is 2.00. The van der Waals surface area contributed by atoms with E-state index in [1.54, 1.807) is 0 Å².